The Balaban J connectivity index is 1.66. The van der Waals surface area contributed by atoms with E-state index in [2.05, 4.69) is 32.1 Å². The van der Waals surface area contributed by atoms with E-state index in [-0.39, 0.29) is 17.3 Å². The summed E-state index contributed by atoms with van der Waals surface area (Å²) in [6.07, 6.45) is 1.15. The van der Waals surface area contributed by atoms with Crippen molar-refractivity contribution >= 4 is 22.9 Å². The summed E-state index contributed by atoms with van der Waals surface area (Å²) in [5.74, 6) is 5.79. The van der Waals surface area contributed by atoms with Gasteiger partial charge in [0.2, 0.25) is 5.82 Å². The van der Waals surface area contributed by atoms with Gasteiger partial charge in [-0.05, 0) is 25.7 Å². The van der Waals surface area contributed by atoms with E-state index in [4.69, 9.17) is 16.2 Å². The number of nitrogens with one attached hydrogen (secondary N) is 1. The molecule has 2 aromatic rings. The molecule has 166 valence electrons. The van der Waals surface area contributed by atoms with Gasteiger partial charge in [-0.2, -0.15) is 0 Å². The zero-order valence-electron chi connectivity index (χ0n) is 17.3. The fraction of sp³-hybridized carbons (Fsp3) is 0.600. The second-order valence-corrected chi connectivity index (χ2v) is 8.05. The molecule has 2 fully saturated rings. The molecule has 3 heterocycles. The summed E-state index contributed by atoms with van der Waals surface area (Å²) in [4.78, 5) is 25.0. The number of nitrogen functional groups attached to an aromatic ring is 1. The third kappa shape index (κ3) is 4.07. The van der Waals surface area contributed by atoms with Crippen LogP contribution in [0.1, 0.15) is 51.1 Å². The highest BCUT2D eigenvalue weighted by Crippen LogP contribution is 2.32. The molecule has 0 unspecified atom stereocenters. The molecule has 0 aromatic carbocycles. The van der Waals surface area contributed by atoms with Crippen LogP contribution in [-0.4, -0.2) is 66.0 Å². The second kappa shape index (κ2) is 8.39. The maximum Gasteiger partial charge on any atom is 0.252 e. The van der Waals surface area contributed by atoms with E-state index >= 15 is 0 Å². The van der Waals surface area contributed by atoms with Gasteiger partial charge in [-0.15, -0.1) is 0 Å². The topological polar surface area (TPSA) is 174 Å². The molecule has 7 N–H and O–H groups in total. The predicted molar refractivity (Wildman–Crippen MR) is 111 cm³/mol. The SMILES string of the molecule is CCNC(=O)[C@H]1O[C@@H](n2cnc3c(N)nc(C#CC4(N)CCCCC4)nc32)[C@H](O)[C@@H]1O. The Morgan fingerprint density at radius 2 is 2.06 bits per heavy atom. The van der Waals surface area contributed by atoms with E-state index in [1.807, 2.05) is 0 Å². The first-order valence-corrected chi connectivity index (χ1v) is 10.4. The van der Waals surface area contributed by atoms with Gasteiger partial charge in [0.15, 0.2) is 23.8 Å². The minimum Gasteiger partial charge on any atom is -0.387 e. The number of rotatable bonds is 3. The summed E-state index contributed by atoms with van der Waals surface area (Å²) in [5.41, 5.74) is 12.4. The third-order valence-electron chi connectivity index (χ3n) is 5.74. The van der Waals surface area contributed by atoms with Crippen LogP contribution < -0.4 is 16.8 Å². The van der Waals surface area contributed by atoms with Crippen molar-refractivity contribution in [3.8, 4) is 11.8 Å². The van der Waals surface area contributed by atoms with Crippen LogP contribution in [0.3, 0.4) is 0 Å². The van der Waals surface area contributed by atoms with Crippen molar-refractivity contribution in [2.45, 2.75) is 69.1 Å². The van der Waals surface area contributed by atoms with E-state index in [9.17, 15) is 15.0 Å². The van der Waals surface area contributed by atoms with Crippen LogP contribution in [0, 0.1) is 11.8 Å². The van der Waals surface area contributed by atoms with Crippen LogP contribution >= 0.6 is 0 Å². The number of anilines is 1. The van der Waals surface area contributed by atoms with Gasteiger partial charge >= 0.3 is 0 Å². The number of ether oxygens (including phenoxy) is 1. The average molecular weight is 429 g/mol. The lowest BCUT2D eigenvalue weighted by Crippen LogP contribution is -2.42. The molecule has 1 aliphatic heterocycles. The predicted octanol–water partition coefficient (Wildman–Crippen LogP) is -0.823. The molecular formula is C20H27N7O4. The number of carbonyl (C=O) groups excluding carboxylic acids is 1. The number of hydrogen-bond donors (Lipinski definition) is 5. The Kier molecular flexibility index (Phi) is 5.81. The number of fused-ring (bicyclic) bond motifs is 1. The molecule has 1 saturated carbocycles. The molecule has 11 heteroatoms. The molecule has 4 rings (SSSR count). The van der Waals surface area contributed by atoms with E-state index in [1.54, 1.807) is 6.92 Å². The van der Waals surface area contributed by atoms with Gasteiger partial charge in [-0.3, -0.25) is 9.36 Å². The lowest BCUT2D eigenvalue weighted by molar-refractivity contribution is -0.137. The van der Waals surface area contributed by atoms with Gasteiger partial charge in [-0.25, -0.2) is 15.0 Å². The normalized spacial score (nSPS) is 27.6. The molecule has 0 bridgehead atoms. The van der Waals surface area contributed by atoms with E-state index in [0.29, 0.717) is 12.1 Å². The molecule has 1 aliphatic carbocycles. The Hall–Kier alpha value is -2.78. The second-order valence-electron chi connectivity index (χ2n) is 8.05. The van der Waals surface area contributed by atoms with Crippen LogP contribution in [0.4, 0.5) is 5.82 Å². The maximum atomic E-state index is 12.1. The van der Waals surface area contributed by atoms with Crippen molar-refractivity contribution in [3.05, 3.63) is 12.2 Å². The van der Waals surface area contributed by atoms with Crippen molar-refractivity contribution in [3.63, 3.8) is 0 Å². The van der Waals surface area contributed by atoms with Crippen molar-refractivity contribution in [2.24, 2.45) is 5.73 Å². The number of likely N-dealkylation sites (N-methyl/N-ethyl adjacent to an activating group) is 1. The molecule has 0 spiro atoms. The number of nitrogens with zero attached hydrogens (tertiary/aromatic N) is 4. The van der Waals surface area contributed by atoms with Gasteiger partial charge in [0.1, 0.15) is 17.7 Å². The van der Waals surface area contributed by atoms with Crippen LogP contribution in [-0.2, 0) is 9.53 Å². The molecular weight excluding hydrogens is 402 g/mol. The van der Waals surface area contributed by atoms with Crippen LogP contribution in [0.25, 0.3) is 11.2 Å². The molecule has 1 saturated heterocycles. The Labute approximate surface area is 179 Å². The Morgan fingerprint density at radius 1 is 1.32 bits per heavy atom. The number of imidazole rings is 1. The van der Waals surface area contributed by atoms with E-state index in [0.717, 1.165) is 32.1 Å². The monoisotopic (exact) mass is 429 g/mol. The molecule has 31 heavy (non-hydrogen) atoms. The minimum atomic E-state index is -1.41. The fourth-order valence-electron chi connectivity index (χ4n) is 4.05. The first kappa shape index (κ1) is 21.5. The van der Waals surface area contributed by atoms with Crippen molar-refractivity contribution < 1.29 is 19.7 Å². The molecule has 0 radical (unpaired) electrons. The van der Waals surface area contributed by atoms with Crippen LogP contribution in [0.15, 0.2) is 6.33 Å². The fourth-order valence-corrected chi connectivity index (χ4v) is 4.05. The summed E-state index contributed by atoms with van der Waals surface area (Å²) in [7, 11) is 0. The number of carbonyl (C=O) groups is 1. The van der Waals surface area contributed by atoms with Gasteiger partial charge in [0.05, 0.1) is 11.9 Å². The summed E-state index contributed by atoms with van der Waals surface area (Å²) >= 11 is 0. The van der Waals surface area contributed by atoms with Gasteiger partial charge < -0.3 is 31.7 Å². The highest BCUT2D eigenvalue weighted by Gasteiger charge is 2.47. The van der Waals surface area contributed by atoms with Crippen molar-refractivity contribution in [2.75, 3.05) is 12.3 Å². The van der Waals surface area contributed by atoms with Crippen LogP contribution in [0.2, 0.25) is 0 Å². The first-order valence-electron chi connectivity index (χ1n) is 10.4. The van der Waals surface area contributed by atoms with Crippen molar-refractivity contribution in [1.29, 1.82) is 0 Å². The lowest BCUT2D eigenvalue weighted by atomic mass is 9.83. The number of aliphatic hydroxyl groups is 2. The van der Waals surface area contributed by atoms with Gasteiger partial charge in [0, 0.05) is 6.54 Å². The van der Waals surface area contributed by atoms with E-state index in [1.165, 1.54) is 10.9 Å². The first-order chi connectivity index (χ1) is 14.8. The molecule has 4 atom stereocenters. The number of amides is 1. The molecule has 1 amide bonds. The number of nitrogens with two attached hydrogens (primary N) is 2. The number of hydrogen-bond acceptors (Lipinski definition) is 9. The van der Waals surface area contributed by atoms with Crippen molar-refractivity contribution in [1.82, 2.24) is 24.8 Å². The zero-order chi connectivity index (χ0) is 22.2. The molecule has 2 aliphatic rings. The average Bonchev–Trinajstić information content (AvgIpc) is 3.29. The van der Waals surface area contributed by atoms with Crippen LogP contribution in [0.5, 0.6) is 0 Å². The maximum absolute atomic E-state index is 12.1. The highest BCUT2D eigenvalue weighted by molar-refractivity contribution is 5.83. The summed E-state index contributed by atoms with van der Waals surface area (Å²) < 4.78 is 7.08. The number of aromatic nitrogens is 4. The largest absolute Gasteiger partial charge is 0.387 e. The summed E-state index contributed by atoms with van der Waals surface area (Å²) in [6.45, 7) is 2.12. The Morgan fingerprint density at radius 3 is 2.77 bits per heavy atom. The number of aliphatic hydroxyl groups excluding tert-OH is 2. The van der Waals surface area contributed by atoms with Gasteiger partial charge in [-0.1, -0.05) is 25.2 Å². The smallest absolute Gasteiger partial charge is 0.252 e. The zero-order valence-corrected chi connectivity index (χ0v) is 17.3. The molecule has 2 aromatic heterocycles. The summed E-state index contributed by atoms with van der Waals surface area (Å²) in [6, 6.07) is 0. The Bertz CT molecular complexity index is 1040. The van der Waals surface area contributed by atoms with Gasteiger partial charge in [0.25, 0.3) is 5.91 Å². The summed E-state index contributed by atoms with van der Waals surface area (Å²) in [5, 5.41) is 23.4. The minimum absolute atomic E-state index is 0.121. The quantitative estimate of drug-likeness (QED) is 0.390. The highest BCUT2D eigenvalue weighted by atomic mass is 16.6. The standard InChI is InChI=1S/C20H27N7O4/c1-2-23-18(30)15-13(28)14(29)19(31-15)27-10-24-12-16(21)25-11(26-17(12)27)6-9-20(22)7-4-3-5-8-20/h10,13-15,19,28-29H,2-5,7-8,22H2,1H3,(H,23,30)(H2,21,25,26)/t13-,14+,15-,19+/m0/s1. The van der Waals surface area contributed by atoms with E-state index < -0.39 is 36.0 Å². The third-order valence-corrected chi connectivity index (χ3v) is 5.74. The molecule has 11 nitrogen and oxygen atoms in total. The lowest BCUT2D eigenvalue weighted by Gasteiger charge is -2.27.